The van der Waals surface area contributed by atoms with Gasteiger partial charge in [-0.05, 0) is 43.7 Å². The van der Waals surface area contributed by atoms with Gasteiger partial charge in [0.2, 0.25) is 0 Å². The number of hydrogen-bond acceptors (Lipinski definition) is 6. The van der Waals surface area contributed by atoms with Gasteiger partial charge in [0.15, 0.2) is 0 Å². The number of methoxy groups -OCH3 is 1. The van der Waals surface area contributed by atoms with E-state index in [1.165, 1.54) is 24.0 Å². The zero-order valence-corrected chi connectivity index (χ0v) is 18.3. The fourth-order valence-electron chi connectivity index (χ4n) is 2.88. The monoisotopic (exact) mass is 424 g/mol. The van der Waals surface area contributed by atoms with Crippen LogP contribution in [0.4, 0.5) is 0 Å². The molecule has 1 amide bonds. The van der Waals surface area contributed by atoms with Crippen LogP contribution in [-0.4, -0.2) is 35.9 Å². The molecule has 1 heterocycles. The molecule has 30 heavy (non-hydrogen) atoms. The van der Waals surface area contributed by atoms with Crippen molar-refractivity contribution in [2.24, 2.45) is 0 Å². The van der Waals surface area contributed by atoms with Gasteiger partial charge < -0.3 is 14.4 Å². The SMILES string of the molecule is COC(=O)c1ccc(CN(C)C(=O)c2sc(COc3ccc(C)cc3)nc2C)cc1. The van der Waals surface area contributed by atoms with Gasteiger partial charge in [-0.25, -0.2) is 9.78 Å². The predicted molar refractivity (Wildman–Crippen MR) is 116 cm³/mol. The number of benzene rings is 2. The second kappa shape index (κ2) is 9.54. The number of amides is 1. The fraction of sp³-hybridized carbons (Fsp3) is 0.261. The number of aromatic nitrogens is 1. The van der Waals surface area contributed by atoms with E-state index in [1.807, 2.05) is 50.2 Å². The number of aryl methyl sites for hydroxylation is 2. The molecular formula is C23H24N2O4S. The number of esters is 1. The highest BCUT2D eigenvalue weighted by Crippen LogP contribution is 2.22. The zero-order chi connectivity index (χ0) is 21.7. The molecule has 0 bridgehead atoms. The first-order valence-corrected chi connectivity index (χ1v) is 10.3. The molecule has 3 aromatic rings. The number of carbonyl (C=O) groups excluding carboxylic acids is 2. The molecule has 0 radical (unpaired) electrons. The zero-order valence-electron chi connectivity index (χ0n) is 17.5. The highest BCUT2D eigenvalue weighted by atomic mass is 32.1. The van der Waals surface area contributed by atoms with Crippen LogP contribution < -0.4 is 4.74 Å². The standard InChI is InChI=1S/C23H24N2O4S/c1-15-5-11-19(12-6-15)29-14-20-24-16(2)21(30-20)22(26)25(3)13-17-7-9-18(10-8-17)23(27)28-4/h5-12H,13-14H2,1-4H3. The summed E-state index contributed by atoms with van der Waals surface area (Å²) in [5, 5.41) is 0.757. The van der Waals surface area contributed by atoms with E-state index in [4.69, 9.17) is 9.47 Å². The third-order valence-corrected chi connectivity index (χ3v) is 5.68. The Balaban J connectivity index is 1.62. The molecule has 0 aliphatic carbocycles. The minimum Gasteiger partial charge on any atom is -0.486 e. The van der Waals surface area contributed by atoms with E-state index in [0.29, 0.717) is 29.3 Å². The van der Waals surface area contributed by atoms with Gasteiger partial charge in [-0.3, -0.25) is 4.79 Å². The van der Waals surface area contributed by atoms with E-state index in [2.05, 4.69) is 4.98 Å². The summed E-state index contributed by atoms with van der Waals surface area (Å²) < 4.78 is 10.5. The molecule has 0 N–H and O–H groups in total. The molecule has 6 nitrogen and oxygen atoms in total. The molecule has 7 heteroatoms. The maximum atomic E-state index is 12.9. The minimum absolute atomic E-state index is 0.0939. The molecule has 2 aromatic carbocycles. The van der Waals surface area contributed by atoms with Gasteiger partial charge in [-0.15, -0.1) is 11.3 Å². The van der Waals surface area contributed by atoms with Crippen molar-refractivity contribution in [3.05, 3.63) is 80.8 Å². The summed E-state index contributed by atoms with van der Waals surface area (Å²) in [7, 11) is 3.10. The lowest BCUT2D eigenvalue weighted by Gasteiger charge is -2.16. The fourth-order valence-corrected chi connectivity index (χ4v) is 3.85. The molecule has 0 aliphatic rings. The van der Waals surface area contributed by atoms with Crippen LogP contribution in [0.1, 0.15) is 41.9 Å². The van der Waals surface area contributed by atoms with Crippen LogP contribution in [0.5, 0.6) is 5.75 Å². The minimum atomic E-state index is -0.383. The maximum absolute atomic E-state index is 12.9. The average Bonchev–Trinajstić information content (AvgIpc) is 3.13. The van der Waals surface area contributed by atoms with Crippen LogP contribution in [0.15, 0.2) is 48.5 Å². The highest BCUT2D eigenvalue weighted by molar-refractivity contribution is 7.13. The molecule has 3 rings (SSSR count). The van der Waals surface area contributed by atoms with Crippen molar-refractivity contribution in [3.8, 4) is 5.75 Å². The number of carbonyl (C=O) groups is 2. The van der Waals surface area contributed by atoms with E-state index in [0.717, 1.165) is 16.3 Å². The van der Waals surface area contributed by atoms with E-state index < -0.39 is 0 Å². The number of nitrogens with zero attached hydrogens (tertiary/aromatic N) is 2. The van der Waals surface area contributed by atoms with Crippen molar-refractivity contribution in [2.45, 2.75) is 27.0 Å². The second-order valence-electron chi connectivity index (χ2n) is 6.97. The van der Waals surface area contributed by atoms with Crippen LogP contribution in [0.2, 0.25) is 0 Å². The molecule has 156 valence electrons. The van der Waals surface area contributed by atoms with Gasteiger partial charge in [0.1, 0.15) is 22.2 Å². The number of thiazole rings is 1. The largest absolute Gasteiger partial charge is 0.486 e. The van der Waals surface area contributed by atoms with Crippen molar-refractivity contribution in [1.82, 2.24) is 9.88 Å². The first-order valence-electron chi connectivity index (χ1n) is 9.46. The number of hydrogen-bond donors (Lipinski definition) is 0. The Hall–Kier alpha value is -3.19. The topological polar surface area (TPSA) is 68.7 Å². The van der Waals surface area contributed by atoms with Crippen LogP contribution in [0.25, 0.3) is 0 Å². The Morgan fingerprint density at radius 2 is 1.70 bits per heavy atom. The molecule has 0 saturated heterocycles. The first-order chi connectivity index (χ1) is 14.4. The summed E-state index contributed by atoms with van der Waals surface area (Å²) in [6.45, 7) is 4.60. The van der Waals surface area contributed by atoms with Crippen molar-refractivity contribution in [2.75, 3.05) is 14.2 Å². The lowest BCUT2D eigenvalue weighted by molar-refractivity contribution is 0.0600. The summed E-state index contributed by atoms with van der Waals surface area (Å²) in [5.41, 5.74) is 3.26. The van der Waals surface area contributed by atoms with E-state index in [1.54, 1.807) is 24.1 Å². The van der Waals surface area contributed by atoms with Crippen molar-refractivity contribution in [1.29, 1.82) is 0 Å². The summed E-state index contributed by atoms with van der Waals surface area (Å²) in [6.07, 6.45) is 0. The lowest BCUT2D eigenvalue weighted by atomic mass is 10.1. The van der Waals surface area contributed by atoms with Crippen LogP contribution in [0, 0.1) is 13.8 Å². The summed E-state index contributed by atoms with van der Waals surface area (Å²) in [5.74, 6) is 0.295. The van der Waals surface area contributed by atoms with Crippen LogP contribution >= 0.6 is 11.3 Å². The average molecular weight is 425 g/mol. The smallest absolute Gasteiger partial charge is 0.337 e. The van der Waals surface area contributed by atoms with E-state index in [-0.39, 0.29) is 11.9 Å². The lowest BCUT2D eigenvalue weighted by Crippen LogP contribution is -2.26. The van der Waals surface area contributed by atoms with Gasteiger partial charge in [0.25, 0.3) is 5.91 Å². The van der Waals surface area contributed by atoms with Crippen LogP contribution in [-0.2, 0) is 17.9 Å². The Morgan fingerprint density at radius 3 is 2.33 bits per heavy atom. The Kier molecular flexibility index (Phi) is 6.84. The Bertz CT molecular complexity index is 1030. The number of ether oxygens (including phenoxy) is 2. The molecule has 0 spiro atoms. The quantitative estimate of drug-likeness (QED) is 0.526. The van der Waals surface area contributed by atoms with Crippen molar-refractivity contribution in [3.63, 3.8) is 0 Å². The molecule has 0 unspecified atom stereocenters. The predicted octanol–water partition coefficient (Wildman–Crippen LogP) is 4.40. The third-order valence-electron chi connectivity index (χ3n) is 4.56. The van der Waals surface area contributed by atoms with E-state index >= 15 is 0 Å². The maximum Gasteiger partial charge on any atom is 0.337 e. The van der Waals surface area contributed by atoms with Crippen molar-refractivity contribution < 1.29 is 19.1 Å². The van der Waals surface area contributed by atoms with Crippen LogP contribution in [0.3, 0.4) is 0 Å². The molecule has 0 aliphatic heterocycles. The van der Waals surface area contributed by atoms with Gasteiger partial charge in [-0.1, -0.05) is 29.8 Å². The Morgan fingerprint density at radius 1 is 1.03 bits per heavy atom. The van der Waals surface area contributed by atoms with E-state index in [9.17, 15) is 9.59 Å². The van der Waals surface area contributed by atoms with Gasteiger partial charge in [0.05, 0.1) is 18.4 Å². The summed E-state index contributed by atoms with van der Waals surface area (Å²) >= 11 is 1.35. The molecule has 0 atom stereocenters. The molecular weight excluding hydrogens is 400 g/mol. The Labute approximate surface area is 180 Å². The molecule has 0 fully saturated rings. The molecule has 0 saturated carbocycles. The second-order valence-corrected chi connectivity index (χ2v) is 8.06. The van der Waals surface area contributed by atoms with Crippen molar-refractivity contribution >= 4 is 23.2 Å². The van der Waals surface area contributed by atoms with Gasteiger partial charge in [-0.2, -0.15) is 0 Å². The third kappa shape index (κ3) is 5.24. The highest BCUT2D eigenvalue weighted by Gasteiger charge is 2.19. The normalized spacial score (nSPS) is 10.5. The first kappa shape index (κ1) is 21.5. The molecule has 1 aromatic heterocycles. The summed E-state index contributed by atoms with van der Waals surface area (Å²) in [4.78, 5) is 31.2. The number of rotatable bonds is 7. The van der Waals surface area contributed by atoms with Gasteiger partial charge >= 0.3 is 5.97 Å². The summed E-state index contributed by atoms with van der Waals surface area (Å²) in [6, 6.07) is 14.8. The van der Waals surface area contributed by atoms with Gasteiger partial charge in [0, 0.05) is 13.6 Å².